The molecule has 1 atom stereocenters. The molecule has 1 saturated heterocycles. The Morgan fingerprint density at radius 1 is 1.60 bits per heavy atom. The fraction of sp³-hybridized carbons (Fsp3) is 0.750. The van der Waals surface area contributed by atoms with Gasteiger partial charge in [-0.25, -0.2) is 10.9 Å². The van der Waals surface area contributed by atoms with Crippen LogP contribution in [0.15, 0.2) is 0 Å². The molecule has 0 saturated carbocycles. The summed E-state index contributed by atoms with van der Waals surface area (Å²) in [4.78, 5) is 22.6. The highest BCUT2D eigenvalue weighted by atomic mass is 35.5. The summed E-state index contributed by atoms with van der Waals surface area (Å²) in [6, 6.07) is -0.496. The van der Waals surface area contributed by atoms with E-state index in [1.165, 1.54) is 0 Å². The number of hydrogen-bond donors (Lipinski definition) is 2. The molecule has 1 rings (SSSR count). The van der Waals surface area contributed by atoms with Crippen molar-refractivity contribution in [2.45, 2.75) is 19.4 Å². The Bertz CT molecular complexity index is 231. The molecule has 0 aromatic carbocycles. The predicted octanol–water partition coefficient (Wildman–Crippen LogP) is -0.964. The average Bonchev–Trinajstić information content (AvgIpc) is 2.27. The van der Waals surface area contributed by atoms with Crippen LogP contribution in [0.4, 0.5) is 0 Å². The van der Waals surface area contributed by atoms with Crippen molar-refractivity contribution in [3.63, 3.8) is 0 Å². The normalized spacial score (nSPS) is 20.3. The highest BCUT2D eigenvalue weighted by molar-refractivity contribution is 5.97. The number of carbonyl (C=O) groups excluding carboxylic acids is 2. The van der Waals surface area contributed by atoms with Crippen LogP contribution >= 0.6 is 12.4 Å². The summed E-state index contributed by atoms with van der Waals surface area (Å²) < 4.78 is 5.09. The van der Waals surface area contributed by atoms with Gasteiger partial charge in [-0.05, 0) is 0 Å². The van der Waals surface area contributed by atoms with Crippen LogP contribution in [0.25, 0.3) is 0 Å². The molecule has 6 nitrogen and oxygen atoms in total. The number of nitrogens with two attached hydrogens (primary N) is 1. The SMILES string of the molecule is CCC(=O)N(N)C(=O)C1COCCN1.Cl. The summed E-state index contributed by atoms with van der Waals surface area (Å²) in [5, 5.41) is 3.59. The molecule has 2 amide bonds. The van der Waals surface area contributed by atoms with Crippen molar-refractivity contribution < 1.29 is 14.3 Å². The topological polar surface area (TPSA) is 84.7 Å². The first-order chi connectivity index (χ1) is 6.66. The summed E-state index contributed by atoms with van der Waals surface area (Å²) in [5.74, 6) is 4.52. The second kappa shape index (κ2) is 6.73. The predicted molar refractivity (Wildman–Crippen MR) is 56.2 cm³/mol. The lowest BCUT2D eigenvalue weighted by Crippen LogP contribution is -2.56. The van der Waals surface area contributed by atoms with Gasteiger partial charge in [-0.2, -0.15) is 0 Å². The molecular formula is C8H16ClN3O3. The molecule has 0 aromatic heterocycles. The third-order valence-electron chi connectivity index (χ3n) is 2.03. The van der Waals surface area contributed by atoms with Crippen LogP contribution < -0.4 is 11.2 Å². The summed E-state index contributed by atoms with van der Waals surface area (Å²) in [7, 11) is 0. The standard InChI is InChI=1S/C8H15N3O3.ClH/c1-2-7(12)11(9)8(13)6-5-14-4-3-10-6;/h6,10H,2-5,9H2,1H3;1H. The zero-order chi connectivity index (χ0) is 10.6. The molecule has 0 bridgehead atoms. The number of imide groups is 1. The monoisotopic (exact) mass is 237 g/mol. The van der Waals surface area contributed by atoms with E-state index in [-0.39, 0.29) is 31.3 Å². The van der Waals surface area contributed by atoms with Crippen LogP contribution in [0.2, 0.25) is 0 Å². The van der Waals surface area contributed by atoms with Crippen molar-refractivity contribution in [1.29, 1.82) is 0 Å². The molecule has 0 spiro atoms. The summed E-state index contributed by atoms with van der Waals surface area (Å²) in [5.41, 5.74) is 0. The number of halogens is 1. The van der Waals surface area contributed by atoms with E-state index in [0.717, 1.165) is 0 Å². The fourth-order valence-corrected chi connectivity index (χ4v) is 1.19. The second-order valence-electron chi connectivity index (χ2n) is 3.04. The van der Waals surface area contributed by atoms with Crippen molar-refractivity contribution in [1.82, 2.24) is 10.3 Å². The molecule has 1 heterocycles. The first-order valence-corrected chi connectivity index (χ1v) is 4.59. The first kappa shape index (κ1) is 14.3. The van der Waals surface area contributed by atoms with E-state index in [1.54, 1.807) is 6.92 Å². The third-order valence-corrected chi connectivity index (χ3v) is 2.03. The minimum Gasteiger partial charge on any atom is -0.378 e. The maximum absolute atomic E-state index is 11.5. The van der Waals surface area contributed by atoms with Crippen molar-refractivity contribution in [2.75, 3.05) is 19.8 Å². The molecule has 0 aromatic rings. The fourth-order valence-electron chi connectivity index (χ4n) is 1.19. The van der Waals surface area contributed by atoms with Crippen LogP contribution in [0, 0.1) is 0 Å². The van der Waals surface area contributed by atoms with Gasteiger partial charge in [0.2, 0.25) is 5.91 Å². The van der Waals surface area contributed by atoms with E-state index in [0.29, 0.717) is 18.2 Å². The highest BCUT2D eigenvalue weighted by Gasteiger charge is 2.27. The number of ether oxygens (including phenoxy) is 1. The Morgan fingerprint density at radius 2 is 2.27 bits per heavy atom. The summed E-state index contributed by atoms with van der Waals surface area (Å²) >= 11 is 0. The number of rotatable bonds is 2. The Morgan fingerprint density at radius 3 is 2.73 bits per heavy atom. The zero-order valence-corrected chi connectivity index (χ0v) is 9.38. The van der Waals surface area contributed by atoms with Crippen molar-refractivity contribution >= 4 is 24.2 Å². The van der Waals surface area contributed by atoms with Gasteiger partial charge in [0.1, 0.15) is 6.04 Å². The number of hydrogen-bond acceptors (Lipinski definition) is 5. The van der Waals surface area contributed by atoms with Gasteiger partial charge in [0.05, 0.1) is 13.2 Å². The Balaban J connectivity index is 0.00000196. The van der Waals surface area contributed by atoms with E-state index in [2.05, 4.69) is 5.32 Å². The molecule has 1 aliphatic heterocycles. The van der Waals surface area contributed by atoms with Crippen LogP contribution in [0.5, 0.6) is 0 Å². The smallest absolute Gasteiger partial charge is 0.263 e. The molecular weight excluding hydrogens is 222 g/mol. The van der Waals surface area contributed by atoms with E-state index >= 15 is 0 Å². The lowest BCUT2D eigenvalue weighted by molar-refractivity contribution is -0.148. The highest BCUT2D eigenvalue weighted by Crippen LogP contribution is 1.98. The molecule has 1 fully saturated rings. The van der Waals surface area contributed by atoms with Gasteiger partial charge in [0.25, 0.3) is 5.91 Å². The van der Waals surface area contributed by atoms with Crippen molar-refractivity contribution in [3.05, 3.63) is 0 Å². The molecule has 88 valence electrons. The minimum atomic E-state index is -0.496. The number of morpholine rings is 1. The molecule has 15 heavy (non-hydrogen) atoms. The summed E-state index contributed by atoms with van der Waals surface area (Å²) in [6.45, 7) is 3.10. The number of carbonyl (C=O) groups is 2. The van der Waals surface area contributed by atoms with E-state index in [1.807, 2.05) is 0 Å². The van der Waals surface area contributed by atoms with Gasteiger partial charge >= 0.3 is 0 Å². The molecule has 1 aliphatic rings. The molecule has 0 aliphatic carbocycles. The molecule has 0 radical (unpaired) electrons. The maximum Gasteiger partial charge on any atom is 0.263 e. The van der Waals surface area contributed by atoms with Gasteiger partial charge in [-0.1, -0.05) is 6.92 Å². The van der Waals surface area contributed by atoms with Gasteiger partial charge in [-0.3, -0.25) is 9.59 Å². The Hall–Kier alpha value is -0.690. The maximum atomic E-state index is 11.5. The summed E-state index contributed by atoms with van der Waals surface area (Å²) in [6.07, 6.45) is 0.218. The Kier molecular flexibility index (Phi) is 6.42. The zero-order valence-electron chi connectivity index (χ0n) is 8.56. The Labute approximate surface area is 94.5 Å². The van der Waals surface area contributed by atoms with Gasteiger partial charge < -0.3 is 10.1 Å². The first-order valence-electron chi connectivity index (χ1n) is 4.59. The number of amides is 2. The number of nitrogens with zero attached hydrogens (tertiary/aromatic N) is 1. The lowest BCUT2D eigenvalue weighted by atomic mass is 10.2. The van der Waals surface area contributed by atoms with Crippen LogP contribution in [0.3, 0.4) is 0 Å². The molecule has 7 heteroatoms. The lowest BCUT2D eigenvalue weighted by Gasteiger charge is -2.25. The van der Waals surface area contributed by atoms with Crippen LogP contribution in [-0.2, 0) is 14.3 Å². The molecule has 1 unspecified atom stereocenters. The quantitative estimate of drug-likeness (QED) is 0.367. The van der Waals surface area contributed by atoms with Crippen molar-refractivity contribution in [2.24, 2.45) is 5.84 Å². The van der Waals surface area contributed by atoms with Crippen LogP contribution in [-0.4, -0.2) is 42.6 Å². The second-order valence-corrected chi connectivity index (χ2v) is 3.04. The number of hydrazine groups is 1. The van der Waals surface area contributed by atoms with E-state index < -0.39 is 11.9 Å². The number of nitrogens with one attached hydrogen (secondary N) is 1. The van der Waals surface area contributed by atoms with E-state index in [4.69, 9.17) is 10.6 Å². The van der Waals surface area contributed by atoms with E-state index in [9.17, 15) is 9.59 Å². The van der Waals surface area contributed by atoms with Gasteiger partial charge in [0, 0.05) is 13.0 Å². The third kappa shape index (κ3) is 3.75. The van der Waals surface area contributed by atoms with Gasteiger partial charge in [-0.15, -0.1) is 12.4 Å². The van der Waals surface area contributed by atoms with Crippen molar-refractivity contribution in [3.8, 4) is 0 Å². The van der Waals surface area contributed by atoms with Crippen LogP contribution in [0.1, 0.15) is 13.3 Å². The average molecular weight is 238 g/mol. The molecule has 3 N–H and O–H groups in total. The van der Waals surface area contributed by atoms with Gasteiger partial charge in [0.15, 0.2) is 0 Å². The largest absolute Gasteiger partial charge is 0.378 e. The minimum absolute atomic E-state index is 0.